The Hall–Kier alpha value is -3.71. The molecule has 1 amide bonds. The maximum atomic E-state index is 12.8. The zero-order chi connectivity index (χ0) is 24.5. The van der Waals surface area contributed by atoms with Crippen LogP contribution in [-0.4, -0.2) is 39.4 Å². The number of amides is 1. The molecule has 0 radical (unpaired) electrons. The number of hydrogen-bond donors (Lipinski definition) is 2. The van der Waals surface area contributed by atoms with Crippen LogP contribution in [0.2, 0.25) is 0 Å². The second-order valence-electron chi connectivity index (χ2n) is 8.51. The van der Waals surface area contributed by atoms with Crippen LogP contribution in [0.1, 0.15) is 18.4 Å². The van der Waals surface area contributed by atoms with Crippen LogP contribution in [0.4, 0.5) is 4.79 Å². The molecule has 1 saturated heterocycles. The number of para-hydroxylation sites is 2. The molecular formula is C28H32N2O5. The molecule has 7 nitrogen and oxygen atoms in total. The summed E-state index contributed by atoms with van der Waals surface area (Å²) in [6.45, 7) is 1.88. The molecule has 1 aliphatic heterocycles. The average molecular weight is 477 g/mol. The van der Waals surface area contributed by atoms with E-state index in [-0.39, 0.29) is 6.04 Å². The van der Waals surface area contributed by atoms with Crippen molar-refractivity contribution in [1.29, 1.82) is 0 Å². The van der Waals surface area contributed by atoms with Gasteiger partial charge in [-0.1, -0.05) is 24.3 Å². The van der Waals surface area contributed by atoms with Crippen LogP contribution in [0.15, 0.2) is 72.8 Å². The van der Waals surface area contributed by atoms with E-state index < -0.39 is 6.09 Å². The van der Waals surface area contributed by atoms with Gasteiger partial charge in [0.25, 0.3) is 0 Å². The van der Waals surface area contributed by atoms with E-state index in [4.69, 9.17) is 18.9 Å². The van der Waals surface area contributed by atoms with Crippen molar-refractivity contribution >= 4 is 6.09 Å². The van der Waals surface area contributed by atoms with Crippen molar-refractivity contribution in [2.75, 3.05) is 27.3 Å². The number of carbonyl (C=O) groups excluding carboxylic acids is 1. The van der Waals surface area contributed by atoms with Crippen LogP contribution in [0.3, 0.4) is 0 Å². The molecule has 184 valence electrons. The highest BCUT2D eigenvalue weighted by molar-refractivity contribution is 5.70. The molecular weight excluding hydrogens is 444 g/mol. The molecule has 0 aliphatic carbocycles. The van der Waals surface area contributed by atoms with E-state index in [0.717, 1.165) is 37.2 Å². The lowest BCUT2D eigenvalue weighted by molar-refractivity contribution is 0.185. The molecule has 0 spiro atoms. The summed E-state index contributed by atoms with van der Waals surface area (Å²) in [6.07, 6.45) is 2.20. The summed E-state index contributed by atoms with van der Waals surface area (Å²) in [7, 11) is 3.22. The highest BCUT2D eigenvalue weighted by Gasteiger charge is 2.26. The van der Waals surface area contributed by atoms with E-state index in [1.54, 1.807) is 38.5 Å². The Balaban J connectivity index is 1.46. The fourth-order valence-electron chi connectivity index (χ4n) is 4.33. The van der Waals surface area contributed by atoms with Gasteiger partial charge in [-0.3, -0.25) is 0 Å². The Morgan fingerprint density at radius 1 is 0.886 bits per heavy atom. The number of piperidine rings is 1. The number of rotatable bonds is 9. The maximum Gasteiger partial charge on any atom is 0.412 e. The zero-order valence-corrected chi connectivity index (χ0v) is 20.2. The predicted molar refractivity (Wildman–Crippen MR) is 135 cm³/mol. The predicted octanol–water partition coefficient (Wildman–Crippen LogP) is 5.20. The van der Waals surface area contributed by atoms with Crippen LogP contribution in [0.5, 0.6) is 28.7 Å². The first-order valence-electron chi connectivity index (χ1n) is 11.9. The first-order valence-corrected chi connectivity index (χ1v) is 11.9. The lowest BCUT2D eigenvalue weighted by Crippen LogP contribution is -2.46. The molecule has 0 saturated carbocycles. The van der Waals surface area contributed by atoms with Crippen molar-refractivity contribution in [3.63, 3.8) is 0 Å². The van der Waals surface area contributed by atoms with Crippen LogP contribution < -0.4 is 29.6 Å². The number of methoxy groups -OCH3 is 2. The van der Waals surface area contributed by atoms with Gasteiger partial charge in [0.15, 0.2) is 11.5 Å². The molecule has 1 heterocycles. The number of hydrogen-bond acceptors (Lipinski definition) is 6. The summed E-state index contributed by atoms with van der Waals surface area (Å²) in [5.74, 6) is 3.58. The Kier molecular flexibility index (Phi) is 8.46. The van der Waals surface area contributed by atoms with Gasteiger partial charge in [-0.15, -0.1) is 0 Å². The molecule has 2 N–H and O–H groups in total. The minimum absolute atomic E-state index is 0.0654. The average Bonchev–Trinajstić information content (AvgIpc) is 2.90. The molecule has 1 aliphatic rings. The van der Waals surface area contributed by atoms with Crippen LogP contribution in [-0.2, 0) is 6.42 Å². The standard InChI is InChI=1S/C28H32N2O5/c1-32-22-10-12-23(13-11-22)35-28(31)30-25(21-14-16-29-17-15-21)19-20-6-5-7-24(18-20)34-27-9-4-3-8-26(27)33-2/h3-13,18,21,25,29H,14-17,19H2,1-2H3,(H,30,31). The van der Waals surface area contributed by atoms with Crippen LogP contribution in [0.25, 0.3) is 0 Å². The van der Waals surface area contributed by atoms with E-state index in [0.29, 0.717) is 35.3 Å². The van der Waals surface area contributed by atoms with Gasteiger partial charge in [0.1, 0.15) is 17.2 Å². The van der Waals surface area contributed by atoms with Gasteiger partial charge in [0.05, 0.1) is 14.2 Å². The third-order valence-corrected chi connectivity index (χ3v) is 6.18. The molecule has 0 bridgehead atoms. The molecule has 7 heteroatoms. The third kappa shape index (κ3) is 6.90. The molecule has 4 rings (SSSR count). The molecule has 0 aromatic heterocycles. The Bertz CT molecular complexity index is 1100. The number of ether oxygens (including phenoxy) is 4. The van der Waals surface area contributed by atoms with Gasteiger partial charge in [0.2, 0.25) is 0 Å². The van der Waals surface area contributed by atoms with Crippen molar-refractivity contribution in [3.8, 4) is 28.7 Å². The molecule has 3 aromatic rings. The first kappa shape index (κ1) is 24.4. The van der Waals surface area contributed by atoms with Crippen molar-refractivity contribution in [2.24, 2.45) is 5.92 Å². The van der Waals surface area contributed by atoms with Crippen molar-refractivity contribution in [2.45, 2.75) is 25.3 Å². The normalized spacial score (nSPS) is 14.6. The fourth-order valence-corrected chi connectivity index (χ4v) is 4.33. The monoisotopic (exact) mass is 476 g/mol. The third-order valence-electron chi connectivity index (χ3n) is 6.18. The fraction of sp³-hybridized carbons (Fsp3) is 0.321. The van der Waals surface area contributed by atoms with E-state index in [2.05, 4.69) is 16.7 Å². The SMILES string of the molecule is COc1ccc(OC(=O)NC(Cc2cccc(Oc3ccccc3OC)c2)C2CCNCC2)cc1. The largest absolute Gasteiger partial charge is 0.497 e. The number of benzene rings is 3. The minimum Gasteiger partial charge on any atom is -0.497 e. The van der Waals surface area contributed by atoms with E-state index >= 15 is 0 Å². The summed E-state index contributed by atoms with van der Waals surface area (Å²) >= 11 is 0. The van der Waals surface area contributed by atoms with Crippen LogP contribution >= 0.6 is 0 Å². The van der Waals surface area contributed by atoms with Gasteiger partial charge < -0.3 is 29.6 Å². The molecule has 1 atom stereocenters. The van der Waals surface area contributed by atoms with Crippen molar-refractivity contribution < 1.29 is 23.7 Å². The second-order valence-corrected chi connectivity index (χ2v) is 8.51. The Morgan fingerprint density at radius 3 is 2.31 bits per heavy atom. The summed E-state index contributed by atoms with van der Waals surface area (Å²) in [5.41, 5.74) is 1.07. The van der Waals surface area contributed by atoms with Crippen molar-refractivity contribution in [1.82, 2.24) is 10.6 Å². The van der Waals surface area contributed by atoms with E-state index in [1.165, 1.54) is 0 Å². The van der Waals surface area contributed by atoms with Gasteiger partial charge in [-0.2, -0.15) is 0 Å². The number of carbonyl (C=O) groups is 1. The second kappa shape index (κ2) is 12.1. The molecule has 1 fully saturated rings. The van der Waals surface area contributed by atoms with Gasteiger partial charge in [0, 0.05) is 6.04 Å². The smallest absolute Gasteiger partial charge is 0.412 e. The lowest BCUT2D eigenvalue weighted by Gasteiger charge is -2.31. The Labute approximate surface area is 206 Å². The summed E-state index contributed by atoms with van der Waals surface area (Å²) in [4.78, 5) is 12.8. The Morgan fingerprint density at radius 2 is 1.60 bits per heavy atom. The van der Waals surface area contributed by atoms with Crippen LogP contribution in [0, 0.1) is 5.92 Å². The summed E-state index contributed by atoms with van der Waals surface area (Å²) in [6, 6.07) is 22.4. The highest BCUT2D eigenvalue weighted by atomic mass is 16.6. The highest BCUT2D eigenvalue weighted by Crippen LogP contribution is 2.31. The summed E-state index contributed by atoms with van der Waals surface area (Å²) in [5, 5.41) is 6.52. The van der Waals surface area contributed by atoms with Gasteiger partial charge in [-0.05, 0) is 92.4 Å². The van der Waals surface area contributed by atoms with E-state index in [9.17, 15) is 4.79 Å². The zero-order valence-electron chi connectivity index (χ0n) is 20.2. The first-order chi connectivity index (χ1) is 17.1. The van der Waals surface area contributed by atoms with Gasteiger partial charge in [-0.25, -0.2) is 4.79 Å². The molecule has 3 aromatic carbocycles. The minimum atomic E-state index is -0.458. The summed E-state index contributed by atoms with van der Waals surface area (Å²) < 4.78 is 22.2. The van der Waals surface area contributed by atoms with E-state index in [1.807, 2.05) is 42.5 Å². The quantitative estimate of drug-likeness (QED) is 0.442. The number of nitrogens with one attached hydrogen (secondary N) is 2. The van der Waals surface area contributed by atoms with Crippen molar-refractivity contribution in [3.05, 3.63) is 78.4 Å². The van der Waals surface area contributed by atoms with Gasteiger partial charge >= 0.3 is 6.09 Å². The topological polar surface area (TPSA) is 78.1 Å². The lowest BCUT2D eigenvalue weighted by atomic mass is 9.86. The molecule has 35 heavy (non-hydrogen) atoms. The maximum absolute atomic E-state index is 12.8. The molecule has 1 unspecified atom stereocenters.